The molecule has 5 nitrogen and oxygen atoms in total. The van der Waals surface area contributed by atoms with Gasteiger partial charge in [0, 0.05) is 25.5 Å². The molecule has 0 saturated carbocycles. The predicted molar refractivity (Wildman–Crippen MR) is 52.9 cm³/mol. The van der Waals surface area contributed by atoms with Crippen molar-refractivity contribution >= 4 is 21.6 Å². The molecule has 7 heteroatoms. The summed E-state index contributed by atoms with van der Waals surface area (Å²) in [5.41, 5.74) is -1.06. The molecule has 0 spiro atoms. The van der Waals surface area contributed by atoms with Crippen molar-refractivity contribution in [3.05, 3.63) is 0 Å². The van der Waals surface area contributed by atoms with Crippen LogP contribution in [0.2, 0.25) is 0 Å². The third-order valence-corrected chi connectivity index (χ3v) is 3.79. The molecule has 84 valence electrons. The van der Waals surface area contributed by atoms with Gasteiger partial charge in [0.25, 0.3) is 0 Å². The molecule has 1 rings (SSSR count). The second-order valence-electron chi connectivity index (χ2n) is 3.36. The first-order valence-electron chi connectivity index (χ1n) is 4.31. The Morgan fingerprint density at radius 2 is 2.29 bits per heavy atom. The lowest BCUT2D eigenvalue weighted by Gasteiger charge is -2.20. The number of nitrogens with one attached hydrogen (secondary N) is 1. The summed E-state index contributed by atoms with van der Waals surface area (Å²) in [4.78, 5) is 0. The van der Waals surface area contributed by atoms with Crippen LogP contribution in [0.25, 0.3) is 0 Å². The number of alkyl halides is 1. The minimum Gasteiger partial charge on any atom is -0.386 e. The first-order valence-corrected chi connectivity index (χ1v) is 6.50. The van der Waals surface area contributed by atoms with Gasteiger partial charge in [-0.3, -0.25) is 0 Å². The molecule has 1 saturated heterocycles. The van der Waals surface area contributed by atoms with Crippen molar-refractivity contribution in [2.75, 3.05) is 31.4 Å². The second-order valence-corrected chi connectivity index (χ2v) is 5.66. The average Bonchev–Trinajstić information content (AvgIpc) is 2.50. The van der Waals surface area contributed by atoms with Crippen molar-refractivity contribution in [2.45, 2.75) is 12.0 Å². The number of hydrogen-bond acceptors (Lipinski definition) is 4. The standard InChI is InChI=1S/C7H14ClNO4S/c8-2-4-14(11,12)9-5-7(10)1-3-13-6-7/h9-10H,1-6H2. The Labute approximate surface area is 88.4 Å². The fourth-order valence-corrected chi connectivity index (χ4v) is 2.60. The zero-order valence-electron chi connectivity index (χ0n) is 7.70. The summed E-state index contributed by atoms with van der Waals surface area (Å²) in [7, 11) is -3.35. The number of rotatable bonds is 5. The number of hydrogen-bond donors (Lipinski definition) is 2. The van der Waals surface area contributed by atoms with Gasteiger partial charge in [0.15, 0.2) is 0 Å². The predicted octanol–water partition coefficient (Wildman–Crippen LogP) is -0.704. The summed E-state index contributed by atoms with van der Waals surface area (Å²) in [6, 6.07) is 0. The normalized spacial score (nSPS) is 28.1. The molecule has 0 amide bonds. The summed E-state index contributed by atoms with van der Waals surface area (Å²) in [6.07, 6.45) is 0.455. The molecule has 1 unspecified atom stereocenters. The maximum absolute atomic E-state index is 11.2. The van der Waals surface area contributed by atoms with E-state index < -0.39 is 15.6 Å². The summed E-state index contributed by atoms with van der Waals surface area (Å²) < 4.78 is 29.6. The third kappa shape index (κ3) is 3.70. The molecule has 2 N–H and O–H groups in total. The highest BCUT2D eigenvalue weighted by Crippen LogP contribution is 2.17. The third-order valence-electron chi connectivity index (χ3n) is 2.05. The average molecular weight is 244 g/mol. The molecule has 0 radical (unpaired) electrons. The lowest BCUT2D eigenvalue weighted by molar-refractivity contribution is 0.0315. The molecule has 1 heterocycles. The lowest BCUT2D eigenvalue weighted by Crippen LogP contribution is -2.44. The zero-order chi connectivity index (χ0) is 10.7. The molecule has 1 aliphatic heterocycles. The molecule has 1 aliphatic rings. The van der Waals surface area contributed by atoms with Crippen molar-refractivity contribution in [1.29, 1.82) is 0 Å². The van der Waals surface area contributed by atoms with Gasteiger partial charge in [-0.15, -0.1) is 11.6 Å². The Kier molecular flexibility index (Phi) is 4.15. The van der Waals surface area contributed by atoms with Gasteiger partial charge in [-0.1, -0.05) is 0 Å². The molecular weight excluding hydrogens is 230 g/mol. The van der Waals surface area contributed by atoms with Gasteiger partial charge in [0.2, 0.25) is 10.0 Å². The van der Waals surface area contributed by atoms with Crippen molar-refractivity contribution in [1.82, 2.24) is 4.72 Å². The monoisotopic (exact) mass is 243 g/mol. The second kappa shape index (κ2) is 4.76. The van der Waals surface area contributed by atoms with E-state index in [-0.39, 0.29) is 24.8 Å². The molecule has 0 aromatic heterocycles. The highest BCUT2D eigenvalue weighted by atomic mass is 35.5. The summed E-state index contributed by atoms with van der Waals surface area (Å²) >= 11 is 5.31. The van der Waals surface area contributed by atoms with Crippen molar-refractivity contribution < 1.29 is 18.3 Å². The van der Waals surface area contributed by atoms with Crippen LogP contribution in [0.1, 0.15) is 6.42 Å². The van der Waals surface area contributed by atoms with Crippen LogP contribution in [0.4, 0.5) is 0 Å². The van der Waals surface area contributed by atoms with Crippen LogP contribution < -0.4 is 4.72 Å². The van der Waals surface area contributed by atoms with Gasteiger partial charge in [-0.05, 0) is 0 Å². The van der Waals surface area contributed by atoms with E-state index in [0.29, 0.717) is 13.0 Å². The smallest absolute Gasteiger partial charge is 0.212 e. The van der Waals surface area contributed by atoms with Gasteiger partial charge in [-0.2, -0.15) is 0 Å². The minimum absolute atomic E-state index is 0.00772. The molecule has 1 atom stereocenters. The van der Waals surface area contributed by atoms with E-state index in [1.807, 2.05) is 0 Å². The first-order chi connectivity index (χ1) is 6.47. The number of aliphatic hydroxyl groups is 1. The summed E-state index contributed by atoms with van der Waals surface area (Å²) in [5.74, 6) is -0.0875. The van der Waals surface area contributed by atoms with E-state index in [1.165, 1.54) is 0 Å². The Balaban J connectivity index is 2.39. The molecule has 0 bridgehead atoms. The van der Waals surface area contributed by atoms with Crippen LogP contribution >= 0.6 is 11.6 Å². The molecule has 0 aromatic rings. The van der Waals surface area contributed by atoms with Crippen molar-refractivity contribution in [3.8, 4) is 0 Å². The Bertz CT molecular complexity index is 273. The zero-order valence-corrected chi connectivity index (χ0v) is 9.27. The number of halogens is 1. The topological polar surface area (TPSA) is 75.6 Å². The van der Waals surface area contributed by atoms with Crippen LogP contribution in [-0.4, -0.2) is 50.5 Å². The largest absolute Gasteiger partial charge is 0.386 e. The highest BCUT2D eigenvalue weighted by molar-refractivity contribution is 7.89. The van der Waals surface area contributed by atoms with Crippen molar-refractivity contribution in [3.63, 3.8) is 0 Å². The van der Waals surface area contributed by atoms with Crippen LogP contribution in [0.15, 0.2) is 0 Å². The van der Waals surface area contributed by atoms with Crippen molar-refractivity contribution in [2.24, 2.45) is 0 Å². The highest BCUT2D eigenvalue weighted by Gasteiger charge is 2.33. The van der Waals surface area contributed by atoms with E-state index in [4.69, 9.17) is 16.3 Å². The molecule has 0 aromatic carbocycles. The lowest BCUT2D eigenvalue weighted by atomic mass is 10.1. The van der Waals surface area contributed by atoms with Gasteiger partial charge < -0.3 is 9.84 Å². The van der Waals surface area contributed by atoms with Crippen LogP contribution in [0, 0.1) is 0 Å². The number of ether oxygens (including phenoxy) is 1. The molecular formula is C7H14ClNO4S. The quantitative estimate of drug-likeness (QED) is 0.626. The van der Waals surface area contributed by atoms with Crippen LogP contribution in [0.5, 0.6) is 0 Å². The Hall–Kier alpha value is 0.120. The van der Waals surface area contributed by atoms with E-state index in [1.54, 1.807) is 0 Å². The van der Waals surface area contributed by atoms with Gasteiger partial charge >= 0.3 is 0 Å². The van der Waals surface area contributed by atoms with Gasteiger partial charge in [0.1, 0.15) is 5.60 Å². The van der Waals surface area contributed by atoms with E-state index in [9.17, 15) is 13.5 Å². The molecule has 14 heavy (non-hydrogen) atoms. The maximum atomic E-state index is 11.2. The maximum Gasteiger partial charge on any atom is 0.212 e. The fourth-order valence-electron chi connectivity index (χ4n) is 1.15. The van der Waals surface area contributed by atoms with Gasteiger partial charge in [0.05, 0.1) is 12.4 Å². The Morgan fingerprint density at radius 3 is 2.79 bits per heavy atom. The van der Waals surface area contributed by atoms with Crippen LogP contribution in [-0.2, 0) is 14.8 Å². The van der Waals surface area contributed by atoms with E-state index in [2.05, 4.69) is 4.72 Å². The van der Waals surface area contributed by atoms with Crippen LogP contribution in [0.3, 0.4) is 0 Å². The molecule has 0 aliphatic carbocycles. The van der Waals surface area contributed by atoms with E-state index >= 15 is 0 Å². The summed E-state index contributed by atoms with van der Waals surface area (Å²) in [6.45, 7) is 0.635. The minimum atomic E-state index is -3.35. The fraction of sp³-hybridized carbons (Fsp3) is 1.00. The Morgan fingerprint density at radius 1 is 1.57 bits per heavy atom. The van der Waals surface area contributed by atoms with E-state index in [0.717, 1.165) is 0 Å². The SMILES string of the molecule is O=S(=O)(CCCl)NCC1(O)CCOC1. The number of sulfonamides is 1. The summed E-state index contributed by atoms with van der Waals surface area (Å²) in [5, 5.41) is 9.74. The van der Waals surface area contributed by atoms with Gasteiger partial charge in [-0.25, -0.2) is 13.1 Å². The molecule has 1 fully saturated rings. The first kappa shape index (κ1) is 12.2.